The van der Waals surface area contributed by atoms with Crippen molar-refractivity contribution in [2.24, 2.45) is 0 Å². The van der Waals surface area contributed by atoms with Crippen molar-refractivity contribution in [2.45, 2.75) is 33.7 Å². The van der Waals surface area contributed by atoms with Gasteiger partial charge in [0, 0.05) is 11.8 Å². The zero-order valence-corrected chi connectivity index (χ0v) is 15.4. The molecule has 1 aliphatic heterocycles. The molecule has 1 aliphatic rings. The summed E-state index contributed by atoms with van der Waals surface area (Å²) in [6, 6.07) is 8.08. The Morgan fingerprint density at radius 3 is 2.64 bits per heavy atom. The molecule has 6 nitrogen and oxygen atoms in total. The van der Waals surface area contributed by atoms with Gasteiger partial charge in [-0.1, -0.05) is 17.3 Å². The highest BCUT2D eigenvalue weighted by Gasteiger charge is 2.30. The van der Waals surface area contributed by atoms with Gasteiger partial charge in [0.1, 0.15) is 5.76 Å². The number of aryl methyl sites for hydroxylation is 2. The third kappa shape index (κ3) is 3.85. The van der Waals surface area contributed by atoms with Gasteiger partial charge in [-0.05, 0) is 44.9 Å². The minimum Gasteiger partial charge on any atom is -0.360 e. The Labute approximate surface area is 148 Å². The zero-order valence-electron chi connectivity index (χ0n) is 15.4. The summed E-state index contributed by atoms with van der Waals surface area (Å²) in [5.74, 6) is 1.17. The van der Waals surface area contributed by atoms with Crippen LogP contribution < -0.4 is 15.1 Å². The maximum absolute atomic E-state index is 12.4. The number of benzene rings is 1. The van der Waals surface area contributed by atoms with Crippen molar-refractivity contribution in [3.05, 3.63) is 41.2 Å². The van der Waals surface area contributed by atoms with Crippen LogP contribution in [0, 0.1) is 20.8 Å². The molecule has 134 valence electrons. The van der Waals surface area contributed by atoms with Crippen LogP contribution in [0.3, 0.4) is 0 Å². The molecule has 0 radical (unpaired) electrons. The lowest BCUT2D eigenvalue weighted by atomic mass is 10.1. The van der Waals surface area contributed by atoms with E-state index in [1.54, 1.807) is 6.07 Å². The van der Waals surface area contributed by atoms with Crippen LogP contribution in [0.25, 0.3) is 0 Å². The molecule has 1 atom stereocenters. The van der Waals surface area contributed by atoms with E-state index in [2.05, 4.69) is 47.4 Å². The summed E-state index contributed by atoms with van der Waals surface area (Å²) in [4.78, 5) is 16.2. The first-order chi connectivity index (χ1) is 12.0. The third-order valence-corrected chi connectivity index (χ3v) is 5.21. The van der Waals surface area contributed by atoms with E-state index < -0.39 is 0 Å². The molecule has 0 spiro atoms. The number of hydrogen-bond donors (Lipinski definition) is 2. The van der Waals surface area contributed by atoms with Crippen LogP contribution in [0.1, 0.15) is 23.8 Å². The van der Waals surface area contributed by atoms with E-state index in [0.717, 1.165) is 26.2 Å². The van der Waals surface area contributed by atoms with E-state index in [4.69, 9.17) is 4.52 Å². The molecule has 3 rings (SSSR count). The summed E-state index contributed by atoms with van der Waals surface area (Å²) in [6.07, 6.45) is 0. The minimum absolute atomic E-state index is 0.0107. The van der Waals surface area contributed by atoms with Crippen molar-refractivity contribution in [1.82, 2.24) is 5.16 Å². The van der Waals surface area contributed by atoms with Crippen molar-refractivity contribution in [3.63, 3.8) is 0 Å². The zero-order chi connectivity index (χ0) is 18.0. The lowest BCUT2D eigenvalue weighted by Gasteiger charge is -2.36. The Morgan fingerprint density at radius 2 is 2.00 bits per heavy atom. The number of amides is 1. The number of rotatable bonds is 4. The van der Waals surface area contributed by atoms with Crippen LogP contribution in [0.2, 0.25) is 0 Å². The minimum atomic E-state index is -0.113. The molecule has 1 fully saturated rings. The first-order valence-electron chi connectivity index (χ1n) is 8.85. The average molecular weight is 343 g/mol. The smallest absolute Gasteiger partial charge is 0.283 e. The highest BCUT2D eigenvalue weighted by molar-refractivity contribution is 5.92. The van der Waals surface area contributed by atoms with Gasteiger partial charge in [-0.3, -0.25) is 4.79 Å². The standard InChI is InChI=1S/C19H26N4O2/c1-13-6-5-7-17(15(13)3)23-10-8-22(9-11-23)16(4)19(24)20-18-12-14(2)25-21-18/h5-7,12,16H,8-11H2,1-4H3,(H,20,21,24)/p+1/t16-/m1/s1. The van der Waals surface area contributed by atoms with Crippen molar-refractivity contribution >= 4 is 17.4 Å². The van der Waals surface area contributed by atoms with Gasteiger partial charge in [-0.25, -0.2) is 0 Å². The second-order valence-corrected chi connectivity index (χ2v) is 6.90. The fraction of sp³-hybridized carbons (Fsp3) is 0.474. The summed E-state index contributed by atoms with van der Waals surface area (Å²) in [5.41, 5.74) is 3.98. The molecule has 1 saturated heterocycles. The number of carbonyl (C=O) groups excluding carboxylic acids is 1. The van der Waals surface area contributed by atoms with Crippen molar-refractivity contribution < 1.29 is 14.2 Å². The lowest BCUT2D eigenvalue weighted by molar-refractivity contribution is -0.914. The SMILES string of the molecule is Cc1cc(NC(=O)[C@@H](C)[NH+]2CCN(c3cccc(C)c3C)CC2)no1. The molecule has 6 heteroatoms. The third-order valence-electron chi connectivity index (χ3n) is 5.21. The number of hydrogen-bond acceptors (Lipinski definition) is 4. The molecule has 25 heavy (non-hydrogen) atoms. The van der Waals surface area contributed by atoms with Crippen LogP contribution in [0.4, 0.5) is 11.5 Å². The molecule has 0 bridgehead atoms. The molecule has 2 aromatic rings. The Hall–Kier alpha value is -2.34. The van der Waals surface area contributed by atoms with Crippen molar-refractivity contribution in [3.8, 4) is 0 Å². The quantitative estimate of drug-likeness (QED) is 0.879. The predicted octanol–water partition coefficient (Wildman–Crippen LogP) is 1.33. The summed E-state index contributed by atoms with van der Waals surface area (Å²) >= 11 is 0. The molecule has 0 aliphatic carbocycles. The van der Waals surface area contributed by atoms with Crippen molar-refractivity contribution in [1.29, 1.82) is 0 Å². The predicted molar refractivity (Wildman–Crippen MR) is 98.2 cm³/mol. The normalized spacial score (nSPS) is 16.7. The average Bonchev–Trinajstić information content (AvgIpc) is 3.01. The van der Waals surface area contributed by atoms with Gasteiger partial charge in [0.15, 0.2) is 11.9 Å². The summed E-state index contributed by atoms with van der Waals surface area (Å²) in [5, 5.41) is 6.67. The second-order valence-electron chi connectivity index (χ2n) is 6.90. The Bertz CT molecular complexity index is 748. The van der Waals surface area contributed by atoms with E-state index in [9.17, 15) is 4.79 Å². The summed E-state index contributed by atoms with van der Waals surface area (Å²) in [7, 11) is 0. The van der Waals surface area contributed by atoms with E-state index in [0.29, 0.717) is 11.6 Å². The highest BCUT2D eigenvalue weighted by Crippen LogP contribution is 2.22. The molecular weight excluding hydrogens is 316 g/mol. The maximum atomic E-state index is 12.4. The summed E-state index contributed by atoms with van der Waals surface area (Å²) < 4.78 is 5.00. The topological polar surface area (TPSA) is 62.8 Å². The van der Waals surface area contributed by atoms with Gasteiger partial charge in [0.2, 0.25) is 0 Å². The van der Waals surface area contributed by atoms with Gasteiger partial charge >= 0.3 is 0 Å². The molecular formula is C19H27N4O2+. The van der Waals surface area contributed by atoms with Crippen LogP contribution in [0.15, 0.2) is 28.8 Å². The van der Waals surface area contributed by atoms with E-state index >= 15 is 0 Å². The fourth-order valence-corrected chi connectivity index (χ4v) is 3.39. The van der Waals surface area contributed by atoms with E-state index in [-0.39, 0.29) is 11.9 Å². The first-order valence-corrected chi connectivity index (χ1v) is 8.85. The van der Waals surface area contributed by atoms with Gasteiger partial charge in [0.25, 0.3) is 5.91 Å². The molecule has 0 unspecified atom stereocenters. The molecule has 0 saturated carbocycles. The number of quaternary nitrogens is 1. The van der Waals surface area contributed by atoms with Crippen molar-refractivity contribution in [2.75, 3.05) is 36.4 Å². The molecule has 2 heterocycles. The van der Waals surface area contributed by atoms with Gasteiger partial charge in [-0.15, -0.1) is 0 Å². The van der Waals surface area contributed by atoms with Crippen LogP contribution in [-0.4, -0.2) is 43.3 Å². The summed E-state index contributed by atoms with van der Waals surface area (Å²) in [6.45, 7) is 11.9. The number of piperazine rings is 1. The monoisotopic (exact) mass is 343 g/mol. The van der Waals surface area contributed by atoms with Gasteiger partial charge in [-0.2, -0.15) is 0 Å². The number of anilines is 2. The lowest BCUT2D eigenvalue weighted by Crippen LogP contribution is -3.19. The van der Waals surface area contributed by atoms with Crippen LogP contribution in [-0.2, 0) is 4.79 Å². The highest BCUT2D eigenvalue weighted by atomic mass is 16.5. The Balaban J connectivity index is 1.58. The second kappa shape index (κ2) is 7.27. The van der Waals surface area contributed by atoms with Crippen LogP contribution >= 0.6 is 0 Å². The number of carbonyl (C=O) groups is 1. The van der Waals surface area contributed by atoms with E-state index in [1.807, 2.05) is 13.8 Å². The number of aromatic nitrogens is 1. The van der Waals surface area contributed by atoms with Gasteiger partial charge in [0.05, 0.1) is 26.2 Å². The molecule has 1 aromatic carbocycles. The van der Waals surface area contributed by atoms with Crippen LogP contribution in [0.5, 0.6) is 0 Å². The number of nitrogens with zero attached hydrogens (tertiary/aromatic N) is 2. The number of nitrogens with one attached hydrogen (secondary N) is 2. The molecule has 1 aromatic heterocycles. The van der Waals surface area contributed by atoms with Gasteiger partial charge < -0.3 is 19.6 Å². The van der Waals surface area contributed by atoms with E-state index in [1.165, 1.54) is 21.7 Å². The Kier molecular flexibility index (Phi) is 5.08. The fourth-order valence-electron chi connectivity index (χ4n) is 3.39. The molecule has 1 amide bonds. The first kappa shape index (κ1) is 17.5. The largest absolute Gasteiger partial charge is 0.360 e. The maximum Gasteiger partial charge on any atom is 0.283 e. The molecule has 2 N–H and O–H groups in total. The Morgan fingerprint density at radius 1 is 1.28 bits per heavy atom.